The molecule has 1 aromatic carbocycles. The number of rotatable bonds is 8. The molecule has 1 aliphatic heterocycles. The highest BCUT2D eigenvalue weighted by Crippen LogP contribution is 2.11. The average Bonchev–Trinajstić information content (AvgIpc) is 2.54. The number of benzene rings is 1. The number of aliphatic hydroxyl groups excluding tert-OH is 1. The van der Waals surface area contributed by atoms with Crippen molar-refractivity contribution < 1.29 is 9.84 Å². The van der Waals surface area contributed by atoms with Gasteiger partial charge >= 0.3 is 0 Å². The largest absolute Gasteiger partial charge is 0.390 e. The lowest BCUT2D eigenvalue weighted by Crippen LogP contribution is -2.46. The third kappa shape index (κ3) is 5.69. The number of aliphatic hydroxyl groups is 1. The summed E-state index contributed by atoms with van der Waals surface area (Å²) in [6.07, 6.45) is 1.83. The van der Waals surface area contributed by atoms with Crippen LogP contribution in [0.15, 0.2) is 30.3 Å². The number of hydrogen-bond acceptors (Lipinski definition) is 4. The summed E-state index contributed by atoms with van der Waals surface area (Å²) in [4.78, 5) is 4.60. The highest BCUT2D eigenvalue weighted by molar-refractivity contribution is 5.15. The van der Waals surface area contributed by atoms with Crippen molar-refractivity contribution in [2.45, 2.75) is 31.9 Å². The Balaban J connectivity index is 1.79. The number of ether oxygens (including phenoxy) is 1. The second kappa shape index (κ2) is 9.26. The minimum atomic E-state index is -0.298. The van der Waals surface area contributed by atoms with Gasteiger partial charge < -0.3 is 14.7 Å². The molecule has 1 saturated heterocycles. The summed E-state index contributed by atoms with van der Waals surface area (Å²) in [5, 5.41) is 10.4. The molecule has 0 amide bonds. The molecule has 0 spiro atoms. The van der Waals surface area contributed by atoms with Gasteiger partial charge in [-0.05, 0) is 25.5 Å². The van der Waals surface area contributed by atoms with Crippen LogP contribution in [0.25, 0.3) is 0 Å². The average molecular weight is 306 g/mol. The van der Waals surface area contributed by atoms with Crippen LogP contribution in [0.1, 0.15) is 18.9 Å². The number of nitrogens with zero attached hydrogens (tertiary/aromatic N) is 2. The van der Waals surface area contributed by atoms with Crippen LogP contribution in [0, 0.1) is 0 Å². The maximum absolute atomic E-state index is 10.4. The fraction of sp³-hybridized carbons (Fsp3) is 0.667. The van der Waals surface area contributed by atoms with Gasteiger partial charge in [0.05, 0.1) is 19.3 Å². The van der Waals surface area contributed by atoms with Crippen molar-refractivity contribution in [3.8, 4) is 0 Å². The quantitative estimate of drug-likeness (QED) is 0.792. The Bertz CT molecular complexity index is 407. The van der Waals surface area contributed by atoms with E-state index in [0.717, 1.165) is 52.2 Å². The van der Waals surface area contributed by atoms with E-state index in [-0.39, 0.29) is 6.10 Å². The fourth-order valence-corrected chi connectivity index (χ4v) is 3.12. The van der Waals surface area contributed by atoms with E-state index < -0.39 is 0 Å². The number of morpholine rings is 1. The summed E-state index contributed by atoms with van der Waals surface area (Å²) in [6.45, 7) is 7.13. The van der Waals surface area contributed by atoms with Gasteiger partial charge in [0.2, 0.25) is 0 Å². The fourth-order valence-electron chi connectivity index (χ4n) is 3.12. The van der Waals surface area contributed by atoms with Crippen LogP contribution in [-0.4, -0.2) is 73.5 Å². The Morgan fingerprint density at radius 2 is 1.91 bits per heavy atom. The van der Waals surface area contributed by atoms with Crippen LogP contribution in [0.2, 0.25) is 0 Å². The molecule has 0 bridgehead atoms. The van der Waals surface area contributed by atoms with E-state index >= 15 is 0 Å². The molecule has 1 fully saturated rings. The summed E-state index contributed by atoms with van der Waals surface area (Å²) in [7, 11) is 2.12. The van der Waals surface area contributed by atoms with Crippen molar-refractivity contribution in [1.82, 2.24) is 9.80 Å². The summed E-state index contributed by atoms with van der Waals surface area (Å²) >= 11 is 0. The summed E-state index contributed by atoms with van der Waals surface area (Å²) in [5.74, 6) is 0. The van der Waals surface area contributed by atoms with Gasteiger partial charge in [0.25, 0.3) is 0 Å². The van der Waals surface area contributed by atoms with E-state index in [1.807, 2.05) is 0 Å². The first-order valence-electron chi connectivity index (χ1n) is 8.41. The number of hydrogen-bond donors (Lipinski definition) is 1. The lowest BCUT2D eigenvalue weighted by atomic mass is 10.0. The van der Waals surface area contributed by atoms with E-state index in [2.05, 4.69) is 54.1 Å². The zero-order chi connectivity index (χ0) is 15.8. The number of likely N-dealkylation sites (N-methyl/N-ethyl adjacent to an activating group) is 1. The molecule has 124 valence electrons. The summed E-state index contributed by atoms with van der Waals surface area (Å²) in [5.41, 5.74) is 1.36. The third-order valence-electron chi connectivity index (χ3n) is 4.48. The van der Waals surface area contributed by atoms with Gasteiger partial charge in [-0.2, -0.15) is 0 Å². The molecule has 0 saturated carbocycles. The molecular formula is C18H30N2O2. The van der Waals surface area contributed by atoms with E-state index in [0.29, 0.717) is 6.04 Å². The van der Waals surface area contributed by atoms with Gasteiger partial charge in [0.1, 0.15) is 0 Å². The molecule has 0 aliphatic carbocycles. The molecule has 0 aromatic heterocycles. The van der Waals surface area contributed by atoms with E-state index in [1.54, 1.807) is 0 Å². The first kappa shape index (κ1) is 17.4. The van der Waals surface area contributed by atoms with E-state index in [9.17, 15) is 5.11 Å². The number of β-amino-alcohol motifs (C(OH)–C–C–N with tert-alkyl or cyclic N) is 1. The molecule has 22 heavy (non-hydrogen) atoms. The highest BCUT2D eigenvalue weighted by atomic mass is 16.5. The van der Waals surface area contributed by atoms with Gasteiger partial charge in [-0.25, -0.2) is 0 Å². The monoisotopic (exact) mass is 306 g/mol. The van der Waals surface area contributed by atoms with Crippen LogP contribution < -0.4 is 0 Å². The van der Waals surface area contributed by atoms with Crippen molar-refractivity contribution in [2.75, 3.05) is 46.4 Å². The SMILES string of the molecule is CCC(Cc1ccccc1)N(C)CC(O)CN1CCOCC1. The molecule has 4 heteroatoms. The second-order valence-electron chi connectivity index (χ2n) is 6.26. The normalized spacial score (nSPS) is 19.3. The molecule has 1 aromatic rings. The van der Waals surface area contributed by atoms with Crippen LogP contribution in [0.5, 0.6) is 0 Å². The maximum atomic E-state index is 10.4. The zero-order valence-electron chi connectivity index (χ0n) is 13.9. The molecule has 2 atom stereocenters. The van der Waals surface area contributed by atoms with Crippen molar-refractivity contribution in [2.24, 2.45) is 0 Å². The lowest BCUT2D eigenvalue weighted by molar-refractivity contribution is 0.00564. The first-order valence-corrected chi connectivity index (χ1v) is 8.41. The maximum Gasteiger partial charge on any atom is 0.0793 e. The summed E-state index contributed by atoms with van der Waals surface area (Å²) < 4.78 is 5.35. The minimum Gasteiger partial charge on any atom is -0.390 e. The first-order chi connectivity index (χ1) is 10.7. The van der Waals surface area contributed by atoms with Gasteiger partial charge in [-0.1, -0.05) is 37.3 Å². The van der Waals surface area contributed by atoms with Gasteiger partial charge in [0.15, 0.2) is 0 Å². The highest BCUT2D eigenvalue weighted by Gasteiger charge is 2.19. The van der Waals surface area contributed by atoms with Crippen molar-refractivity contribution in [1.29, 1.82) is 0 Å². The third-order valence-corrected chi connectivity index (χ3v) is 4.48. The van der Waals surface area contributed by atoms with Crippen molar-refractivity contribution >= 4 is 0 Å². The Morgan fingerprint density at radius 3 is 2.55 bits per heavy atom. The minimum absolute atomic E-state index is 0.298. The predicted octanol–water partition coefficient (Wildman–Crippen LogP) is 1.63. The lowest BCUT2D eigenvalue weighted by Gasteiger charge is -2.32. The standard InChI is InChI=1S/C18H30N2O2/c1-3-17(13-16-7-5-4-6-8-16)19(2)14-18(21)15-20-9-11-22-12-10-20/h4-8,17-18,21H,3,9-15H2,1-2H3. The molecule has 1 aliphatic rings. The molecular weight excluding hydrogens is 276 g/mol. The van der Waals surface area contributed by atoms with E-state index in [1.165, 1.54) is 5.56 Å². The van der Waals surface area contributed by atoms with Crippen molar-refractivity contribution in [3.05, 3.63) is 35.9 Å². The van der Waals surface area contributed by atoms with Crippen LogP contribution in [-0.2, 0) is 11.2 Å². The Hall–Kier alpha value is -0.940. The Kier molecular flexibility index (Phi) is 7.33. The van der Waals surface area contributed by atoms with Gasteiger partial charge in [0, 0.05) is 32.2 Å². The molecule has 0 radical (unpaired) electrons. The zero-order valence-corrected chi connectivity index (χ0v) is 13.9. The van der Waals surface area contributed by atoms with Gasteiger partial charge in [-0.15, -0.1) is 0 Å². The molecule has 4 nitrogen and oxygen atoms in total. The van der Waals surface area contributed by atoms with Crippen LogP contribution in [0.4, 0.5) is 0 Å². The molecule has 1 N–H and O–H groups in total. The topological polar surface area (TPSA) is 35.9 Å². The van der Waals surface area contributed by atoms with E-state index in [4.69, 9.17) is 4.74 Å². The van der Waals surface area contributed by atoms with Gasteiger partial charge in [-0.3, -0.25) is 4.90 Å². The Labute approximate surface area is 134 Å². The van der Waals surface area contributed by atoms with Crippen molar-refractivity contribution in [3.63, 3.8) is 0 Å². The predicted molar refractivity (Wildman–Crippen MR) is 90.1 cm³/mol. The molecule has 2 unspecified atom stereocenters. The molecule has 2 rings (SSSR count). The Morgan fingerprint density at radius 1 is 1.23 bits per heavy atom. The second-order valence-corrected chi connectivity index (χ2v) is 6.26. The van der Waals surface area contributed by atoms with Crippen LogP contribution in [0.3, 0.4) is 0 Å². The summed E-state index contributed by atoms with van der Waals surface area (Å²) in [6, 6.07) is 11.1. The smallest absolute Gasteiger partial charge is 0.0793 e. The molecule has 1 heterocycles. The van der Waals surface area contributed by atoms with Crippen LogP contribution >= 0.6 is 0 Å².